The van der Waals surface area contributed by atoms with Crippen LogP contribution in [0.3, 0.4) is 0 Å². The molecule has 7 rings (SSSR count). The van der Waals surface area contributed by atoms with E-state index in [0.717, 1.165) is 19.3 Å². The molecular weight excluding hydrogens is 813 g/mol. The van der Waals surface area contributed by atoms with Crippen LogP contribution in [0.5, 0.6) is 11.5 Å². The van der Waals surface area contributed by atoms with Crippen molar-refractivity contribution in [3.8, 4) is 34.3 Å². The van der Waals surface area contributed by atoms with Crippen LogP contribution in [0.1, 0.15) is 31.4 Å². The molecule has 4 aromatic carbocycles. The number of hydrogen-bond acceptors (Lipinski definition) is 14. The van der Waals surface area contributed by atoms with Gasteiger partial charge in [0, 0.05) is 24.2 Å². The SMILES string of the molecule is O=c1c2ccccc2nc(-c2ccc(OS(=O)(=O)[O-])cc2)n1CCCCCCn1cc(Cn2c(-c3ccc(OS(=O)(=O)[O-])cc3)nc3ccccc3c2=O)nn1.[Na+].[Na+]. The second-order valence-corrected chi connectivity index (χ2v) is 14.6. The van der Waals surface area contributed by atoms with Crippen LogP contribution >= 0.6 is 0 Å². The van der Waals surface area contributed by atoms with E-state index in [1.54, 1.807) is 64.0 Å². The molecule has 0 radical (unpaired) electrons. The third-order valence-corrected chi connectivity index (χ3v) is 9.56. The van der Waals surface area contributed by atoms with E-state index in [9.17, 15) is 35.5 Å². The van der Waals surface area contributed by atoms with Crippen molar-refractivity contribution in [1.82, 2.24) is 34.1 Å². The van der Waals surface area contributed by atoms with Gasteiger partial charge in [0.25, 0.3) is 31.9 Å². The van der Waals surface area contributed by atoms with Crippen LogP contribution in [0.15, 0.2) is 113 Å². The zero-order chi connectivity index (χ0) is 39.5. The summed E-state index contributed by atoms with van der Waals surface area (Å²) in [4.78, 5) is 36.6. The number of aromatic nitrogens is 7. The Hall–Kier alpha value is -4.28. The summed E-state index contributed by atoms with van der Waals surface area (Å²) in [6.45, 7) is 0.964. The smallest absolute Gasteiger partial charge is 0.716 e. The van der Waals surface area contributed by atoms with E-state index in [-0.39, 0.29) is 88.3 Å². The van der Waals surface area contributed by atoms with Crippen LogP contribution in [-0.2, 0) is 40.4 Å². The zero-order valence-electron chi connectivity index (χ0n) is 31.3. The molecule has 3 aromatic heterocycles. The number of rotatable bonds is 15. The molecule has 0 amide bonds. The Morgan fingerprint density at radius 2 is 1.02 bits per heavy atom. The van der Waals surface area contributed by atoms with E-state index in [4.69, 9.17) is 9.97 Å². The molecule has 0 aliphatic heterocycles. The predicted molar refractivity (Wildman–Crippen MR) is 201 cm³/mol. The second kappa shape index (κ2) is 19.2. The quantitative estimate of drug-likeness (QED) is 0.0472. The molecule has 0 N–H and O–H groups in total. The molecule has 0 saturated heterocycles. The first-order valence-corrected chi connectivity index (χ1v) is 19.9. The number of para-hydroxylation sites is 2. The molecule has 288 valence electrons. The summed E-state index contributed by atoms with van der Waals surface area (Å²) < 4.78 is 79.6. The fourth-order valence-corrected chi connectivity index (χ4v) is 6.96. The number of unbranched alkanes of at least 4 members (excludes halogenated alkanes) is 3. The standard InChI is InChI=1S/C37H33N7O10S2.2Na/c45-36-30-9-3-5-11-32(30)38-34(25-13-17-28(18-14-25)53-55(47,48)49)43(36)22-8-2-1-7-21-42-23-27(40-41-42)24-44-35(39-33-12-6-4-10-31(33)37(44)46)26-15-19-29(20-16-26)54-56(50,51)52;;/h3-6,9-20,23H,1-2,7-8,21-22,24H2,(H,47,48,49)(H,50,51,52);;/q;2*+1/p-2. The van der Waals surface area contributed by atoms with Crippen LogP contribution in [0.25, 0.3) is 44.6 Å². The minimum Gasteiger partial charge on any atom is -0.716 e. The molecule has 0 bridgehead atoms. The Morgan fingerprint density at radius 1 is 0.569 bits per heavy atom. The molecule has 0 atom stereocenters. The maximum Gasteiger partial charge on any atom is 1.00 e. The van der Waals surface area contributed by atoms with Crippen LogP contribution in [0, 0.1) is 0 Å². The fourth-order valence-electron chi connectivity index (χ4n) is 6.27. The summed E-state index contributed by atoms with van der Waals surface area (Å²) >= 11 is 0. The molecule has 3 heterocycles. The predicted octanol–water partition coefficient (Wildman–Crippen LogP) is -1.97. The van der Waals surface area contributed by atoms with E-state index in [2.05, 4.69) is 18.7 Å². The molecule has 0 saturated carbocycles. The second-order valence-electron chi connectivity index (χ2n) is 12.7. The van der Waals surface area contributed by atoms with Crippen molar-refractivity contribution in [2.45, 2.75) is 45.3 Å². The van der Waals surface area contributed by atoms with Gasteiger partial charge in [-0.05, 0) is 85.6 Å². The van der Waals surface area contributed by atoms with E-state index in [1.807, 2.05) is 0 Å². The van der Waals surface area contributed by atoms with Crippen LogP contribution in [-0.4, -0.2) is 60.0 Å². The monoisotopic (exact) mass is 843 g/mol. The van der Waals surface area contributed by atoms with E-state index >= 15 is 0 Å². The average molecular weight is 844 g/mol. The van der Waals surface area contributed by atoms with Crippen LogP contribution in [0.2, 0.25) is 0 Å². The summed E-state index contributed by atoms with van der Waals surface area (Å²) in [5.74, 6) is 0.360. The van der Waals surface area contributed by atoms with Gasteiger partial charge >= 0.3 is 59.1 Å². The Bertz CT molecular complexity index is 2910. The van der Waals surface area contributed by atoms with Crippen molar-refractivity contribution in [2.75, 3.05) is 0 Å². The zero-order valence-corrected chi connectivity index (χ0v) is 36.9. The summed E-state index contributed by atoms with van der Waals surface area (Å²) in [6, 6.07) is 25.2. The maximum atomic E-state index is 13.7. The van der Waals surface area contributed by atoms with Gasteiger partial charge < -0.3 is 17.5 Å². The normalized spacial score (nSPS) is 11.6. The number of aryl methyl sites for hydroxylation is 1. The van der Waals surface area contributed by atoms with Gasteiger partial charge in [0.2, 0.25) is 0 Å². The van der Waals surface area contributed by atoms with Crippen LogP contribution < -0.4 is 78.6 Å². The van der Waals surface area contributed by atoms with Gasteiger partial charge in [-0.2, -0.15) is 0 Å². The first-order chi connectivity index (χ1) is 26.8. The Labute approximate surface area is 376 Å². The van der Waals surface area contributed by atoms with E-state index in [1.165, 1.54) is 53.1 Å². The van der Waals surface area contributed by atoms with Crippen molar-refractivity contribution < 1.29 is 93.4 Å². The maximum absolute atomic E-state index is 13.7. The summed E-state index contributed by atoms with van der Waals surface area (Å²) in [5.41, 5.74) is 1.98. The van der Waals surface area contributed by atoms with Gasteiger partial charge in [0.1, 0.15) is 28.8 Å². The van der Waals surface area contributed by atoms with Gasteiger partial charge in [-0.3, -0.25) is 23.4 Å². The fraction of sp³-hybridized carbons (Fsp3) is 0.189. The summed E-state index contributed by atoms with van der Waals surface area (Å²) in [7, 11) is -9.90. The Morgan fingerprint density at radius 3 is 1.52 bits per heavy atom. The van der Waals surface area contributed by atoms with Crippen molar-refractivity contribution >= 4 is 42.6 Å². The molecule has 0 aliphatic rings. The molecule has 7 aromatic rings. The summed E-state index contributed by atoms with van der Waals surface area (Å²) in [6.07, 6.45) is 4.74. The topological polar surface area (TPSA) is 233 Å². The molecule has 17 nitrogen and oxygen atoms in total. The minimum absolute atomic E-state index is 0. The number of nitrogens with zero attached hydrogens (tertiary/aromatic N) is 7. The van der Waals surface area contributed by atoms with Crippen molar-refractivity contribution in [2.24, 2.45) is 0 Å². The average Bonchev–Trinajstić information content (AvgIpc) is 3.61. The Kier molecular flexibility index (Phi) is 14.8. The summed E-state index contributed by atoms with van der Waals surface area (Å²) in [5, 5.41) is 9.38. The van der Waals surface area contributed by atoms with E-state index in [0.29, 0.717) is 69.8 Å². The van der Waals surface area contributed by atoms with Gasteiger partial charge in [-0.15, -0.1) is 5.10 Å². The molecule has 21 heteroatoms. The largest absolute Gasteiger partial charge is 1.00 e. The Balaban J connectivity index is 0.00000320. The van der Waals surface area contributed by atoms with Crippen LogP contribution in [0.4, 0.5) is 0 Å². The minimum atomic E-state index is -4.96. The molecule has 0 fully saturated rings. The van der Waals surface area contributed by atoms with E-state index < -0.39 is 20.8 Å². The third kappa shape index (κ3) is 11.1. The van der Waals surface area contributed by atoms with Crippen molar-refractivity contribution in [3.63, 3.8) is 0 Å². The third-order valence-electron chi connectivity index (χ3n) is 8.77. The van der Waals surface area contributed by atoms with Crippen molar-refractivity contribution in [3.05, 3.63) is 130 Å². The van der Waals surface area contributed by atoms with Gasteiger partial charge in [0.05, 0.1) is 34.5 Å². The molecule has 0 spiro atoms. The molecular formula is C37H31N7Na2O10S2. The first-order valence-electron chi connectivity index (χ1n) is 17.2. The molecule has 58 heavy (non-hydrogen) atoms. The molecule has 0 unspecified atom stereocenters. The number of hydrogen-bond donors (Lipinski definition) is 0. The van der Waals surface area contributed by atoms with Gasteiger partial charge in [-0.25, -0.2) is 26.8 Å². The van der Waals surface area contributed by atoms with Crippen molar-refractivity contribution in [1.29, 1.82) is 0 Å². The van der Waals surface area contributed by atoms with Gasteiger partial charge in [0.15, 0.2) is 0 Å². The number of fused-ring (bicyclic) bond motifs is 2. The molecule has 0 aliphatic carbocycles. The first kappa shape index (κ1) is 44.8. The van der Waals surface area contributed by atoms with Gasteiger partial charge in [-0.1, -0.05) is 42.3 Å². The number of benzene rings is 4.